The Balaban J connectivity index is 2.51. The maximum atomic E-state index is 11.2. The quantitative estimate of drug-likeness (QED) is 0.772. The first-order chi connectivity index (χ1) is 7.13. The van der Waals surface area contributed by atoms with Crippen molar-refractivity contribution in [3.8, 4) is 0 Å². The maximum absolute atomic E-state index is 11.2. The number of ketones is 1. The molecule has 0 saturated heterocycles. The number of ether oxygens (including phenoxy) is 1. The van der Waals surface area contributed by atoms with Crippen molar-refractivity contribution in [1.82, 2.24) is 0 Å². The second-order valence-corrected chi connectivity index (χ2v) is 3.96. The zero-order valence-electron chi connectivity index (χ0n) is 9.05. The number of benzene rings is 1. The lowest BCUT2D eigenvalue weighted by atomic mass is 10.1. The highest BCUT2D eigenvalue weighted by Crippen LogP contribution is 2.17. The summed E-state index contributed by atoms with van der Waals surface area (Å²) in [5, 5.41) is 0.766. The summed E-state index contributed by atoms with van der Waals surface area (Å²) in [5.41, 5.74) is 2.19. The van der Waals surface area contributed by atoms with Crippen molar-refractivity contribution in [3.05, 3.63) is 34.3 Å². The van der Waals surface area contributed by atoms with Gasteiger partial charge in [0, 0.05) is 18.6 Å². The number of rotatable bonds is 5. The topological polar surface area (TPSA) is 26.3 Å². The summed E-state index contributed by atoms with van der Waals surface area (Å²) >= 11 is 5.91. The van der Waals surface area contributed by atoms with E-state index in [4.69, 9.17) is 16.3 Å². The molecule has 0 radical (unpaired) electrons. The molecule has 0 N–H and O–H groups in total. The standard InChI is InChI=1S/C12H15ClO2/c1-9-7-10(4-6-12(9)13)3-5-11(14)8-15-2/h4,6-7H,3,5,8H2,1-2H3. The molecule has 1 aromatic rings. The summed E-state index contributed by atoms with van der Waals surface area (Å²) < 4.78 is 4.76. The molecule has 0 bridgehead atoms. The van der Waals surface area contributed by atoms with E-state index in [0.29, 0.717) is 6.42 Å². The van der Waals surface area contributed by atoms with Crippen LogP contribution in [0, 0.1) is 6.92 Å². The number of aryl methyl sites for hydroxylation is 2. The van der Waals surface area contributed by atoms with Crippen molar-refractivity contribution in [2.45, 2.75) is 19.8 Å². The molecule has 2 nitrogen and oxygen atoms in total. The predicted octanol–water partition coefficient (Wildman–Crippen LogP) is 2.80. The van der Waals surface area contributed by atoms with Gasteiger partial charge in [-0.2, -0.15) is 0 Å². The van der Waals surface area contributed by atoms with Crippen molar-refractivity contribution in [1.29, 1.82) is 0 Å². The molecule has 0 aliphatic carbocycles. The van der Waals surface area contributed by atoms with E-state index in [2.05, 4.69) is 0 Å². The van der Waals surface area contributed by atoms with E-state index in [1.165, 1.54) is 7.11 Å². The molecule has 0 aliphatic heterocycles. The summed E-state index contributed by atoms with van der Waals surface area (Å²) in [6.45, 7) is 2.16. The maximum Gasteiger partial charge on any atom is 0.158 e. The highest BCUT2D eigenvalue weighted by Gasteiger charge is 2.03. The molecule has 0 amide bonds. The number of hydrogen-bond acceptors (Lipinski definition) is 2. The Morgan fingerprint density at radius 1 is 1.47 bits per heavy atom. The number of carbonyl (C=O) groups excluding carboxylic acids is 1. The highest BCUT2D eigenvalue weighted by molar-refractivity contribution is 6.31. The van der Waals surface area contributed by atoms with Crippen molar-refractivity contribution < 1.29 is 9.53 Å². The van der Waals surface area contributed by atoms with Crippen molar-refractivity contribution in [2.75, 3.05) is 13.7 Å². The smallest absolute Gasteiger partial charge is 0.158 e. The number of Topliss-reactive ketones (excluding diaryl/α,β-unsaturated/α-hetero) is 1. The first kappa shape index (κ1) is 12.2. The minimum atomic E-state index is 0.130. The van der Waals surface area contributed by atoms with Gasteiger partial charge in [0.1, 0.15) is 6.61 Å². The second-order valence-electron chi connectivity index (χ2n) is 3.56. The van der Waals surface area contributed by atoms with E-state index in [0.717, 1.165) is 22.6 Å². The van der Waals surface area contributed by atoms with Gasteiger partial charge in [-0.05, 0) is 30.5 Å². The highest BCUT2D eigenvalue weighted by atomic mass is 35.5. The average molecular weight is 227 g/mol. The zero-order chi connectivity index (χ0) is 11.3. The Morgan fingerprint density at radius 3 is 2.80 bits per heavy atom. The molecule has 0 aromatic heterocycles. The van der Waals surface area contributed by atoms with Crippen LogP contribution in [0.1, 0.15) is 17.5 Å². The van der Waals surface area contributed by atoms with Crippen LogP contribution in [-0.2, 0) is 16.0 Å². The van der Waals surface area contributed by atoms with Crippen LogP contribution in [-0.4, -0.2) is 19.5 Å². The molecule has 0 atom stereocenters. The molecule has 0 fully saturated rings. The van der Waals surface area contributed by atoms with E-state index in [1.54, 1.807) is 0 Å². The van der Waals surface area contributed by atoms with Crippen LogP contribution in [0.2, 0.25) is 5.02 Å². The fourth-order valence-corrected chi connectivity index (χ4v) is 1.50. The zero-order valence-corrected chi connectivity index (χ0v) is 9.80. The summed E-state index contributed by atoms with van der Waals surface area (Å²) in [6.07, 6.45) is 1.27. The summed E-state index contributed by atoms with van der Waals surface area (Å²) in [7, 11) is 1.53. The van der Waals surface area contributed by atoms with E-state index >= 15 is 0 Å². The SMILES string of the molecule is COCC(=O)CCc1ccc(Cl)c(C)c1. The van der Waals surface area contributed by atoms with Crippen LogP contribution in [0.5, 0.6) is 0 Å². The van der Waals surface area contributed by atoms with Crippen molar-refractivity contribution >= 4 is 17.4 Å². The Hall–Kier alpha value is -0.860. The van der Waals surface area contributed by atoms with Crippen LogP contribution >= 0.6 is 11.6 Å². The Morgan fingerprint density at radius 2 is 2.20 bits per heavy atom. The molecule has 3 heteroatoms. The van der Waals surface area contributed by atoms with Crippen LogP contribution in [0.15, 0.2) is 18.2 Å². The fourth-order valence-electron chi connectivity index (χ4n) is 1.38. The number of halogens is 1. The van der Waals surface area contributed by atoms with Gasteiger partial charge < -0.3 is 4.74 Å². The minimum Gasteiger partial charge on any atom is -0.377 e. The summed E-state index contributed by atoms with van der Waals surface area (Å²) in [5.74, 6) is 0.130. The number of methoxy groups -OCH3 is 1. The van der Waals surface area contributed by atoms with Gasteiger partial charge in [-0.15, -0.1) is 0 Å². The molecule has 0 spiro atoms. The predicted molar refractivity (Wildman–Crippen MR) is 61.4 cm³/mol. The Bertz CT molecular complexity index is 347. The first-order valence-corrected chi connectivity index (χ1v) is 5.27. The fraction of sp³-hybridized carbons (Fsp3) is 0.417. The molecule has 0 unspecified atom stereocenters. The van der Waals surface area contributed by atoms with E-state index < -0.39 is 0 Å². The molecule has 1 aromatic carbocycles. The van der Waals surface area contributed by atoms with E-state index in [1.807, 2.05) is 25.1 Å². The number of hydrogen-bond donors (Lipinski definition) is 0. The molecule has 82 valence electrons. The molecular weight excluding hydrogens is 212 g/mol. The molecule has 0 heterocycles. The summed E-state index contributed by atoms with van der Waals surface area (Å²) in [6, 6.07) is 5.84. The van der Waals surface area contributed by atoms with Gasteiger partial charge in [-0.25, -0.2) is 0 Å². The molecular formula is C12H15ClO2. The van der Waals surface area contributed by atoms with Gasteiger partial charge in [0.2, 0.25) is 0 Å². The van der Waals surface area contributed by atoms with Gasteiger partial charge in [-0.1, -0.05) is 23.7 Å². The number of carbonyl (C=O) groups is 1. The average Bonchev–Trinajstić information content (AvgIpc) is 2.20. The monoisotopic (exact) mass is 226 g/mol. The third-order valence-electron chi connectivity index (χ3n) is 2.22. The van der Waals surface area contributed by atoms with Crippen LogP contribution < -0.4 is 0 Å². The minimum absolute atomic E-state index is 0.130. The largest absolute Gasteiger partial charge is 0.377 e. The van der Waals surface area contributed by atoms with Crippen molar-refractivity contribution in [3.63, 3.8) is 0 Å². The molecule has 0 saturated carbocycles. The molecule has 15 heavy (non-hydrogen) atoms. The summed E-state index contributed by atoms with van der Waals surface area (Å²) in [4.78, 5) is 11.2. The third kappa shape index (κ3) is 4.02. The van der Waals surface area contributed by atoms with Gasteiger partial charge in [0.25, 0.3) is 0 Å². The lowest BCUT2D eigenvalue weighted by Crippen LogP contribution is -2.07. The normalized spacial score (nSPS) is 10.3. The Kier molecular flexibility index (Phi) is 4.79. The molecule has 0 aliphatic rings. The Labute approximate surface area is 95.2 Å². The lowest BCUT2D eigenvalue weighted by Gasteiger charge is -2.03. The van der Waals surface area contributed by atoms with Gasteiger partial charge in [-0.3, -0.25) is 4.79 Å². The molecule has 1 rings (SSSR count). The van der Waals surface area contributed by atoms with Gasteiger partial charge in [0.15, 0.2) is 5.78 Å². The third-order valence-corrected chi connectivity index (χ3v) is 2.64. The first-order valence-electron chi connectivity index (χ1n) is 4.89. The van der Waals surface area contributed by atoms with Crippen LogP contribution in [0.3, 0.4) is 0 Å². The van der Waals surface area contributed by atoms with E-state index in [9.17, 15) is 4.79 Å². The van der Waals surface area contributed by atoms with E-state index in [-0.39, 0.29) is 12.4 Å². The second kappa shape index (κ2) is 5.89. The van der Waals surface area contributed by atoms with Crippen LogP contribution in [0.4, 0.5) is 0 Å². The van der Waals surface area contributed by atoms with Gasteiger partial charge in [0.05, 0.1) is 0 Å². The van der Waals surface area contributed by atoms with Crippen LogP contribution in [0.25, 0.3) is 0 Å². The lowest BCUT2D eigenvalue weighted by molar-refractivity contribution is -0.122. The van der Waals surface area contributed by atoms with Gasteiger partial charge >= 0.3 is 0 Å². The van der Waals surface area contributed by atoms with Crippen molar-refractivity contribution in [2.24, 2.45) is 0 Å².